The van der Waals surface area contributed by atoms with Gasteiger partial charge in [0.1, 0.15) is 0 Å². The topological polar surface area (TPSA) is 127 Å². The molecular formula is C38H49ClN2O6. The van der Waals surface area contributed by atoms with Gasteiger partial charge in [0.05, 0.1) is 18.3 Å². The van der Waals surface area contributed by atoms with Crippen molar-refractivity contribution in [2.75, 3.05) is 13.1 Å². The fourth-order valence-corrected chi connectivity index (χ4v) is 11.6. The van der Waals surface area contributed by atoms with Crippen molar-refractivity contribution in [3.8, 4) is 0 Å². The number of aliphatic hydroxyl groups is 3. The molecule has 4 N–H and O–H groups in total. The van der Waals surface area contributed by atoms with Gasteiger partial charge in [-0.2, -0.15) is 0 Å². The first-order valence-corrected chi connectivity index (χ1v) is 18.1. The number of carbonyl (C=O) groups is 3. The van der Waals surface area contributed by atoms with E-state index in [1.54, 1.807) is 30.3 Å². The molecule has 0 bridgehead atoms. The second-order valence-corrected chi connectivity index (χ2v) is 16.4. The third-order valence-electron chi connectivity index (χ3n) is 13.9. The van der Waals surface area contributed by atoms with Gasteiger partial charge in [-0.3, -0.25) is 19.3 Å². The number of amides is 3. The summed E-state index contributed by atoms with van der Waals surface area (Å²) in [5.74, 6) is 0.535. The van der Waals surface area contributed by atoms with Crippen LogP contribution in [0.1, 0.15) is 99.3 Å². The van der Waals surface area contributed by atoms with Crippen LogP contribution in [-0.4, -0.2) is 69.3 Å². The second kappa shape index (κ2) is 12.1. The molecule has 11 unspecified atom stereocenters. The van der Waals surface area contributed by atoms with Gasteiger partial charge in [-0.05, 0) is 116 Å². The summed E-state index contributed by atoms with van der Waals surface area (Å²) in [6.07, 6.45) is 5.76. The van der Waals surface area contributed by atoms with E-state index < -0.39 is 12.2 Å². The molecular weight excluding hydrogens is 616 g/mol. The summed E-state index contributed by atoms with van der Waals surface area (Å²) in [5.41, 5.74) is 0.604. The Morgan fingerprint density at radius 1 is 1.00 bits per heavy atom. The molecule has 9 heteroatoms. The summed E-state index contributed by atoms with van der Waals surface area (Å²) >= 11 is 6.33. The molecule has 11 atom stereocenters. The van der Waals surface area contributed by atoms with Crippen molar-refractivity contribution < 1.29 is 29.7 Å². The van der Waals surface area contributed by atoms with Crippen molar-refractivity contribution in [2.24, 2.45) is 46.3 Å². The van der Waals surface area contributed by atoms with E-state index in [-0.39, 0.29) is 77.3 Å². The molecule has 5 aliphatic rings. The molecule has 4 aliphatic carbocycles. The summed E-state index contributed by atoms with van der Waals surface area (Å²) < 4.78 is 0. The Hall–Kier alpha value is -2.52. The Balaban J connectivity index is 0.955. The second-order valence-electron chi connectivity index (χ2n) is 16.0. The zero-order chi connectivity index (χ0) is 33.4. The van der Waals surface area contributed by atoms with Gasteiger partial charge in [-0.1, -0.05) is 44.5 Å². The molecule has 47 heavy (non-hydrogen) atoms. The number of hydrogen-bond acceptors (Lipinski definition) is 6. The Bertz CT molecular complexity index is 1580. The van der Waals surface area contributed by atoms with Crippen molar-refractivity contribution in [1.82, 2.24) is 10.2 Å². The SMILES string of the molecule is CC(CCC(=O)NCCN1C(=O)c2cccc3c(Cl)ccc(c23)C1=O)C1CCC2C3C(O)CC4CC(O)CCC4(C)C3CC(O)C12C. The van der Waals surface area contributed by atoms with Crippen molar-refractivity contribution in [3.63, 3.8) is 0 Å². The summed E-state index contributed by atoms with van der Waals surface area (Å²) in [7, 11) is 0. The monoisotopic (exact) mass is 664 g/mol. The Labute approximate surface area is 282 Å². The Morgan fingerprint density at radius 2 is 1.74 bits per heavy atom. The lowest BCUT2D eigenvalue weighted by Crippen LogP contribution is -2.62. The lowest BCUT2D eigenvalue weighted by molar-refractivity contribution is -0.207. The number of benzene rings is 2. The van der Waals surface area contributed by atoms with E-state index >= 15 is 0 Å². The van der Waals surface area contributed by atoms with Crippen molar-refractivity contribution in [2.45, 2.75) is 96.9 Å². The van der Waals surface area contributed by atoms with Gasteiger partial charge >= 0.3 is 0 Å². The fraction of sp³-hybridized carbons (Fsp3) is 0.658. The predicted molar refractivity (Wildman–Crippen MR) is 180 cm³/mol. The van der Waals surface area contributed by atoms with Crippen molar-refractivity contribution >= 4 is 40.1 Å². The molecule has 2 aromatic rings. The minimum atomic E-state index is -0.459. The number of carbonyl (C=O) groups excluding carboxylic acids is 3. The summed E-state index contributed by atoms with van der Waals surface area (Å²) in [4.78, 5) is 40.7. The first-order valence-electron chi connectivity index (χ1n) is 17.7. The van der Waals surface area contributed by atoms with E-state index in [9.17, 15) is 29.7 Å². The molecule has 1 aliphatic heterocycles. The molecule has 7 rings (SSSR count). The molecule has 4 saturated carbocycles. The highest BCUT2D eigenvalue weighted by Crippen LogP contribution is 2.68. The van der Waals surface area contributed by atoms with Gasteiger partial charge in [0.15, 0.2) is 0 Å². The van der Waals surface area contributed by atoms with Gasteiger partial charge in [-0.15, -0.1) is 0 Å². The lowest BCUT2D eigenvalue weighted by atomic mass is 9.43. The molecule has 8 nitrogen and oxygen atoms in total. The van der Waals surface area contributed by atoms with Crippen LogP contribution < -0.4 is 5.32 Å². The van der Waals surface area contributed by atoms with Gasteiger partial charge in [0.25, 0.3) is 11.8 Å². The van der Waals surface area contributed by atoms with Crippen LogP contribution in [0.4, 0.5) is 0 Å². The molecule has 0 aromatic heterocycles. The van der Waals surface area contributed by atoms with Crippen molar-refractivity contribution in [3.05, 3.63) is 46.5 Å². The Kier molecular flexibility index (Phi) is 8.51. The van der Waals surface area contributed by atoms with Crippen LogP contribution in [0.15, 0.2) is 30.3 Å². The van der Waals surface area contributed by atoms with E-state index in [1.807, 2.05) is 0 Å². The summed E-state index contributed by atoms with van der Waals surface area (Å²) in [6.45, 7) is 7.02. The highest BCUT2D eigenvalue weighted by Gasteiger charge is 2.65. The smallest absolute Gasteiger partial charge is 0.261 e. The molecule has 254 valence electrons. The van der Waals surface area contributed by atoms with Crippen LogP contribution in [0.2, 0.25) is 5.02 Å². The Morgan fingerprint density at radius 3 is 2.51 bits per heavy atom. The van der Waals surface area contributed by atoms with E-state index in [0.29, 0.717) is 52.1 Å². The first kappa shape index (κ1) is 33.0. The molecule has 2 aromatic carbocycles. The third-order valence-corrected chi connectivity index (χ3v) is 14.3. The summed E-state index contributed by atoms with van der Waals surface area (Å²) in [5, 5.41) is 38.4. The number of aliphatic hydroxyl groups excluding tert-OH is 3. The van der Waals surface area contributed by atoms with E-state index in [2.05, 4.69) is 26.1 Å². The maximum atomic E-state index is 13.2. The minimum absolute atomic E-state index is 0.0428. The van der Waals surface area contributed by atoms with Crippen LogP contribution in [0.25, 0.3) is 10.8 Å². The number of nitrogens with zero attached hydrogens (tertiary/aromatic N) is 1. The van der Waals surface area contributed by atoms with Crippen LogP contribution in [0, 0.1) is 46.3 Å². The number of nitrogens with one attached hydrogen (secondary N) is 1. The molecule has 0 saturated heterocycles. The van der Waals surface area contributed by atoms with Gasteiger partial charge in [-0.25, -0.2) is 0 Å². The highest BCUT2D eigenvalue weighted by molar-refractivity contribution is 6.38. The fourth-order valence-electron chi connectivity index (χ4n) is 11.4. The normalized spacial score (nSPS) is 38.5. The zero-order valence-corrected chi connectivity index (χ0v) is 28.5. The maximum absolute atomic E-state index is 13.2. The average molecular weight is 665 g/mol. The van der Waals surface area contributed by atoms with E-state index in [1.165, 1.54) is 4.90 Å². The molecule has 0 spiro atoms. The quantitative estimate of drug-likeness (QED) is 0.286. The largest absolute Gasteiger partial charge is 0.393 e. The molecule has 4 fully saturated rings. The zero-order valence-electron chi connectivity index (χ0n) is 27.8. The van der Waals surface area contributed by atoms with Gasteiger partial charge in [0.2, 0.25) is 5.91 Å². The van der Waals surface area contributed by atoms with Crippen LogP contribution in [-0.2, 0) is 4.79 Å². The minimum Gasteiger partial charge on any atom is -0.393 e. The average Bonchev–Trinajstić information content (AvgIpc) is 3.40. The number of hydrogen-bond donors (Lipinski definition) is 4. The van der Waals surface area contributed by atoms with E-state index in [0.717, 1.165) is 38.5 Å². The lowest BCUT2D eigenvalue weighted by Gasteiger charge is -2.63. The highest BCUT2D eigenvalue weighted by atomic mass is 35.5. The molecule has 1 heterocycles. The standard InChI is InChI=1S/C38H49ClN2O6/c1-20(7-12-32(45)40-15-16-41-35(46)24-6-4-5-23-29(39)11-8-25(33(23)24)36(41)47)26-9-10-27-34-28(19-31(44)38(26,27)3)37(2)14-13-22(42)17-21(37)18-30(34)43/h4-6,8,11,20-22,26-28,30-31,34,42-44H,7,9-10,12-19H2,1-3H3,(H,40,45). The third kappa shape index (κ3) is 5.15. The van der Waals surface area contributed by atoms with Crippen LogP contribution in [0.3, 0.4) is 0 Å². The van der Waals surface area contributed by atoms with Crippen LogP contribution in [0.5, 0.6) is 0 Å². The summed E-state index contributed by atoms with van der Waals surface area (Å²) in [6, 6.07) is 8.59. The molecule has 0 radical (unpaired) electrons. The predicted octanol–water partition coefficient (Wildman–Crippen LogP) is 5.58. The number of rotatable bonds is 7. The number of halogens is 1. The van der Waals surface area contributed by atoms with E-state index in [4.69, 9.17) is 11.6 Å². The first-order chi connectivity index (χ1) is 22.4. The van der Waals surface area contributed by atoms with Crippen molar-refractivity contribution in [1.29, 1.82) is 0 Å². The number of imide groups is 1. The number of fused-ring (bicyclic) bond motifs is 5. The molecule has 3 amide bonds. The van der Waals surface area contributed by atoms with Gasteiger partial charge < -0.3 is 20.6 Å². The van der Waals surface area contributed by atoms with Crippen LogP contribution >= 0.6 is 11.6 Å². The van der Waals surface area contributed by atoms with Gasteiger partial charge in [0, 0.05) is 46.4 Å². The maximum Gasteiger partial charge on any atom is 0.261 e.